The molecule has 0 aliphatic rings. The first kappa shape index (κ1) is 9.86. The zero-order chi connectivity index (χ0) is 10.0. The van der Waals surface area contributed by atoms with Gasteiger partial charge in [-0.15, -0.1) is 0 Å². The summed E-state index contributed by atoms with van der Waals surface area (Å²) in [4.78, 5) is 11.1. The fraction of sp³-hybridized carbons (Fsp3) is 0.222. The second-order valence-corrected chi connectivity index (χ2v) is 3.13. The topological polar surface area (TPSA) is 55.1 Å². The van der Waals surface area contributed by atoms with Crippen molar-refractivity contribution in [3.63, 3.8) is 0 Å². The highest BCUT2D eigenvalue weighted by molar-refractivity contribution is 6.34. The van der Waals surface area contributed by atoms with Crippen molar-refractivity contribution in [1.82, 2.24) is 0 Å². The molecule has 0 aliphatic heterocycles. The van der Waals surface area contributed by atoms with E-state index in [2.05, 4.69) is 5.32 Å². The maximum Gasteiger partial charge on any atom is 0.161 e. The molecule has 0 amide bonds. The average molecular weight is 199 g/mol. The number of halogens is 1. The summed E-state index contributed by atoms with van der Waals surface area (Å²) in [6.07, 6.45) is 0. The average Bonchev–Trinajstić information content (AvgIpc) is 2.03. The number of benzene rings is 1. The van der Waals surface area contributed by atoms with Crippen molar-refractivity contribution in [2.45, 2.75) is 6.92 Å². The number of carbonyl (C=O) groups excluding carboxylic acids is 1. The first-order valence-electron chi connectivity index (χ1n) is 3.84. The van der Waals surface area contributed by atoms with Crippen LogP contribution in [0.1, 0.15) is 17.3 Å². The lowest BCUT2D eigenvalue weighted by Gasteiger charge is -2.07. The molecule has 1 aromatic carbocycles. The van der Waals surface area contributed by atoms with E-state index in [1.54, 1.807) is 19.2 Å². The van der Waals surface area contributed by atoms with E-state index in [4.69, 9.17) is 17.3 Å². The maximum atomic E-state index is 11.1. The Labute approximate surface area is 81.9 Å². The van der Waals surface area contributed by atoms with Crippen LogP contribution in [0.3, 0.4) is 0 Å². The van der Waals surface area contributed by atoms with Gasteiger partial charge in [0.15, 0.2) is 5.78 Å². The van der Waals surface area contributed by atoms with Crippen LogP contribution in [0.4, 0.5) is 11.4 Å². The molecule has 3 nitrogen and oxygen atoms in total. The Balaban J connectivity index is 3.30. The molecule has 0 heterocycles. The fourth-order valence-corrected chi connectivity index (χ4v) is 1.38. The number of carbonyl (C=O) groups is 1. The van der Waals surface area contributed by atoms with Gasteiger partial charge in [-0.05, 0) is 19.1 Å². The molecule has 0 bridgehead atoms. The van der Waals surface area contributed by atoms with Gasteiger partial charge in [-0.2, -0.15) is 0 Å². The normalized spacial score (nSPS) is 9.77. The molecule has 0 radical (unpaired) electrons. The van der Waals surface area contributed by atoms with Crippen molar-refractivity contribution in [2.24, 2.45) is 0 Å². The molecule has 0 atom stereocenters. The summed E-state index contributed by atoms with van der Waals surface area (Å²) in [5.74, 6) is -0.0681. The molecule has 0 saturated heterocycles. The Morgan fingerprint density at radius 2 is 2.15 bits per heavy atom. The lowest BCUT2D eigenvalue weighted by Crippen LogP contribution is -2.00. The summed E-state index contributed by atoms with van der Waals surface area (Å²) in [7, 11) is 1.74. The van der Waals surface area contributed by atoms with Gasteiger partial charge in [0, 0.05) is 12.6 Å². The first-order valence-corrected chi connectivity index (χ1v) is 4.21. The van der Waals surface area contributed by atoms with Crippen LogP contribution in [0.2, 0.25) is 5.02 Å². The molecule has 0 fully saturated rings. The Morgan fingerprint density at radius 3 is 2.62 bits per heavy atom. The molecule has 13 heavy (non-hydrogen) atoms. The SMILES string of the molecule is CNc1cc(C(C)=O)c(Cl)cc1N. The molecular weight excluding hydrogens is 188 g/mol. The molecule has 70 valence electrons. The maximum absolute atomic E-state index is 11.1. The number of anilines is 2. The van der Waals surface area contributed by atoms with Gasteiger partial charge in [0.1, 0.15) is 0 Å². The van der Waals surface area contributed by atoms with E-state index >= 15 is 0 Å². The number of nitrogens with one attached hydrogen (secondary N) is 1. The third-order valence-corrected chi connectivity index (χ3v) is 2.10. The van der Waals surface area contributed by atoms with Crippen molar-refractivity contribution in [2.75, 3.05) is 18.1 Å². The highest BCUT2D eigenvalue weighted by atomic mass is 35.5. The molecule has 0 spiro atoms. The minimum atomic E-state index is -0.0681. The fourth-order valence-electron chi connectivity index (χ4n) is 1.07. The van der Waals surface area contributed by atoms with Crippen molar-refractivity contribution in [3.05, 3.63) is 22.7 Å². The van der Waals surface area contributed by atoms with Crippen LogP contribution in [-0.2, 0) is 0 Å². The molecule has 3 N–H and O–H groups in total. The number of rotatable bonds is 2. The minimum Gasteiger partial charge on any atom is -0.397 e. The van der Waals surface area contributed by atoms with Gasteiger partial charge in [-0.1, -0.05) is 11.6 Å². The summed E-state index contributed by atoms with van der Waals surface area (Å²) in [6.45, 7) is 1.47. The van der Waals surface area contributed by atoms with Crippen LogP contribution in [0.15, 0.2) is 12.1 Å². The van der Waals surface area contributed by atoms with Crippen LogP contribution in [-0.4, -0.2) is 12.8 Å². The molecular formula is C9H11ClN2O. The summed E-state index contributed by atoms with van der Waals surface area (Å²) in [5, 5.41) is 3.27. The van der Waals surface area contributed by atoms with E-state index < -0.39 is 0 Å². The van der Waals surface area contributed by atoms with E-state index in [1.807, 2.05) is 0 Å². The Hall–Kier alpha value is -1.22. The lowest BCUT2D eigenvalue weighted by molar-refractivity contribution is 0.101. The van der Waals surface area contributed by atoms with E-state index in [9.17, 15) is 4.79 Å². The van der Waals surface area contributed by atoms with Crippen LogP contribution >= 0.6 is 11.6 Å². The molecule has 0 unspecified atom stereocenters. The zero-order valence-electron chi connectivity index (χ0n) is 7.52. The van der Waals surface area contributed by atoms with Crippen LogP contribution in [0.5, 0.6) is 0 Å². The first-order chi connectivity index (χ1) is 6.06. The minimum absolute atomic E-state index is 0.0681. The van der Waals surface area contributed by atoms with E-state index in [1.165, 1.54) is 6.92 Å². The standard InChI is InChI=1S/C9H11ClN2O/c1-5(13)6-3-9(12-2)8(11)4-7(6)10/h3-4,12H,11H2,1-2H3. The van der Waals surface area contributed by atoms with Crippen LogP contribution < -0.4 is 11.1 Å². The number of hydrogen-bond donors (Lipinski definition) is 2. The largest absolute Gasteiger partial charge is 0.397 e. The van der Waals surface area contributed by atoms with Gasteiger partial charge >= 0.3 is 0 Å². The van der Waals surface area contributed by atoms with Gasteiger partial charge in [0.25, 0.3) is 0 Å². The van der Waals surface area contributed by atoms with E-state index in [0.717, 1.165) is 5.69 Å². The quantitative estimate of drug-likeness (QED) is 0.566. The van der Waals surface area contributed by atoms with E-state index in [-0.39, 0.29) is 5.78 Å². The zero-order valence-corrected chi connectivity index (χ0v) is 8.27. The monoisotopic (exact) mass is 198 g/mol. The second kappa shape index (κ2) is 3.66. The molecule has 0 aromatic heterocycles. The Morgan fingerprint density at radius 1 is 1.54 bits per heavy atom. The van der Waals surface area contributed by atoms with Crippen molar-refractivity contribution < 1.29 is 4.79 Å². The third-order valence-electron chi connectivity index (χ3n) is 1.79. The second-order valence-electron chi connectivity index (χ2n) is 2.73. The van der Waals surface area contributed by atoms with Crippen LogP contribution in [0, 0.1) is 0 Å². The molecule has 1 rings (SSSR count). The highest BCUT2D eigenvalue weighted by Gasteiger charge is 2.08. The van der Waals surface area contributed by atoms with E-state index in [0.29, 0.717) is 16.3 Å². The lowest BCUT2D eigenvalue weighted by atomic mass is 10.1. The van der Waals surface area contributed by atoms with Crippen molar-refractivity contribution in [1.29, 1.82) is 0 Å². The number of Topliss-reactive ketones (excluding diaryl/α,β-unsaturated/α-hetero) is 1. The summed E-state index contributed by atoms with van der Waals surface area (Å²) in [5.41, 5.74) is 7.39. The molecule has 4 heteroatoms. The third kappa shape index (κ3) is 1.92. The molecule has 0 aliphatic carbocycles. The predicted molar refractivity (Wildman–Crippen MR) is 55.4 cm³/mol. The number of hydrogen-bond acceptors (Lipinski definition) is 3. The Bertz CT molecular complexity index is 350. The van der Waals surface area contributed by atoms with Crippen molar-refractivity contribution >= 4 is 28.8 Å². The summed E-state index contributed by atoms with van der Waals surface area (Å²) < 4.78 is 0. The van der Waals surface area contributed by atoms with Gasteiger partial charge in [-0.25, -0.2) is 0 Å². The number of ketones is 1. The van der Waals surface area contributed by atoms with Gasteiger partial charge < -0.3 is 11.1 Å². The smallest absolute Gasteiger partial charge is 0.161 e. The summed E-state index contributed by atoms with van der Waals surface area (Å²) in [6, 6.07) is 3.23. The van der Waals surface area contributed by atoms with Gasteiger partial charge in [0.2, 0.25) is 0 Å². The van der Waals surface area contributed by atoms with Crippen molar-refractivity contribution in [3.8, 4) is 0 Å². The summed E-state index contributed by atoms with van der Waals surface area (Å²) >= 11 is 5.82. The highest BCUT2D eigenvalue weighted by Crippen LogP contribution is 2.27. The van der Waals surface area contributed by atoms with Gasteiger partial charge in [0.05, 0.1) is 16.4 Å². The molecule has 1 aromatic rings. The predicted octanol–water partition coefficient (Wildman–Crippen LogP) is 2.17. The Kier molecular flexibility index (Phi) is 2.78. The molecule has 0 saturated carbocycles. The van der Waals surface area contributed by atoms with Crippen LogP contribution in [0.25, 0.3) is 0 Å². The number of nitrogens with two attached hydrogens (primary N) is 1. The number of nitrogen functional groups attached to an aromatic ring is 1. The van der Waals surface area contributed by atoms with Gasteiger partial charge in [-0.3, -0.25) is 4.79 Å².